The summed E-state index contributed by atoms with van der Waals surface area (Å²) in [5.74, 6) is 0. The minimum atomic E-state index is 0.827. The number of rotatable bonds is 4. The highest BCUT2D eigenvalue weighted by Crippen LogP contribution is 2.28. The SMILES string of the molecule is Cc1ccc(CCCCN)c2c1CCCC2. The molecular formula is C15H23N. The highest BCUT2D eigenvalue weighted by molar-refractivity contribution is 5.42. The highest BCUT2D eigenvalue weighted by atomic mass is 14.5. The molecule has 1 aliphatic rings. The topological polar surface area (TPSA) is 26.0 Å². The van der Waals surface area contributed by atoms with E-state index in [2.05, 4.69) is 19.1 Å². The van der Waals surface area contributed by atoms with E-state index in [9.17, 15) is 0 Å². The summed E-state index contributed by atoms with van der Waals surface area (Å²) in [5, 5.41) is 0. The van der Waals surface area contributed by atoms with Gasteiger partial charge in [0.2, 0.25) is 0 Å². The average molecular weight is 217 g/mol. The van der Waals surface area contributed by atoms with Crippen molar-refractivity contribution in [1.82, 2.24) is 0 Å². The van der Waals surface area contributed by atoms with E-state index in [0.717, 1.165) is 13.0 Å². The van der Waals surface area contributed by atoms with Crippen LogP contribution in [0.3, 0.4) is 0 Å². The predicted octanol–water partition coefficient (Wildman–Crippen LogP) is 3.16. The third kappa shape index (κ3) is 2.46. The smallest absolute Gasteiger partial charge is 0.00772 e. The Morgan fingerprint density at radius 2 is 1.81 bits per heavy atom. The first-order chi connectivity index (χ1) is 7.83. The Bertz CT molecular complexity index is 355. The number of hydrogen-bond acceptors (Lipinski definition) is 1. The molecule has 1 aromatic carbocycles. The largest absolute Gasteiger partial charge is 0.330 e. The van der Waals surface area contributed by atoms with Crippen LogP contribution in [0, 0.1) is 6.92 Å². The summed E-state index contributed by atoms with van der Waals surface area (Å²) in [6.07, 6.45) is 8.97. The van der Waals surface area contributed by atoms with Crippen LogP contribution in [0.15, 0.2) is 12.1 Å². The number of aryl methyl sites for hydroxylation is 2. The molecular weight excluding hydrogens is 194 g/mol. The van der Waals surface area contributed by atoms with Crippen molar-refractivity contribution in [2.75, 3.05) is 6.54 Å². The van der Waals surface area contributed by atoms with Gasteiger partial charge < -0.3 is 5.73 Å². The molecule has 0 bridgehead atoms. The Balaban J connectivity index is 2.18. The van der Waals surface area contributed by atoms with Gasteiger partial charge in [0, 0.05) is 0 Å². The van der Waals surface area contributed by atoms with E-state index in [0.29, 0.717) is 0 Å². The van der Waals surface area contributed by atoms with Gasteiger partial charge in [-0.1, -0.05) is 12.1 Å². The van der Waals surface area contributed by atoms with Crippen molar-refractivity contribution in [2.45, 2.75) is 51.9 Å². The van der Waals surface area contributed by atoms with E-state index in [1.807, 2.05) is 0 Å². The molecule has 16 heavy (non-hydrogen) atoms. The summed E-state index contributed by atoms with van der Waals surface area (Å²) in [4.78, 5) is 0. The van der Waals surface area contributed by atoms with Crippen LogP contribution in [0.5, 0.6) is 0 Å². The van der Waals surface area contributed by atoms with Crippen molar-refractivity contribution in [1.29, 1.82) is 0 Å². The molecule has 1 aromatic rings. The summed E-state index contributed by atoms with van der Waals surface area (Å²) in [7, 11) is 0. The lowest BCUT2D eigenvalue weighted by Crippen LogP contribution is -2.09. The molecule has 1 heteroatoms. The summed E-state index contributed by atoms with van der Waals surface area (Å²) in [6, 6.07) is 4.65. The van der Waals surface area contributed by atoms with Crippen molar-refractivity contribution in [3.05, 3.63) is 34.4 Å². The molecule has 0 radical (unpaired) electrons. The summed E-state index contributed by atoms with van der Waals surface area (Å²) >= 11 is 0. The first-order valence-corrected chi connectivity index (χ1v) is 6.63. The molecule has 0 aromatic heterocycles. The normalized spacial score (nSPS) is 14.9. The van der Waals surface area contributed by atoms with Gasteiger partial charge in [-0.25, -0.2) is 0 Å². The first-order valence-electron chi connectivity index (χ1n) is 6.63. The number of hydrogen-bond donors (Lipinski definition) is 1. The van der Waals surface area contributed by atoms with Gasteiger partial charge in [-0.2, -0.15) is 0 Å². The molecule has 88 valence electrons. The predicted molar refractivity (Wildman–Crippen MR) is 69.8 cm³/mol. The molecule has 2 N–H and O–H groups in total. The Morgan fingerprint density at radius 1 is 1.06 bits per heavy atom. The zero-order valence-corrected chi connectivity index (χ0v) is 10.4. The fraction of sp³-hybridized carbons (Fsp3) is 0.600. The second-order valence-corrected chi connectivity index (χ2v) is 4.95. The van der Waals surface area contributed by atoms with Gasteiger partial charge in [0.15, 0.2) is 0 Å². The van der Waals surface area contributed by atoms with E-state index < -0.39 is 0 Å². The molecule has 2 rings (SSSR count). The van der Waals surface area contributed by atoms with E-state index in [4.69, 9.17) is 5.73 Å². The molecule has 0 saturated carbocycles. The minimum absolute atomic E-state index is 0.827. The molecule has 1 nitrogen and oxygen atoms in total. The second-order valence-electron chi connectivity index (χ2n) is 4.95. The van der Waals surface area contributed by atoms with Crippen LogP contribution < -0.4 is 5.73 Å². The Morgan fingerprint density at radius 3 is 2.56 bits per heavy atom. The molecule has 0 unspecified atom stereocenters. The van der Waals surface area contributed by atoms with Crippen LogP contribution in [0.4, 0.5) is 0 Å². The van der Waals surface area contributed by atoms with Gasteiger partial charge in [0.25, 0.3) is 0 Å². The van der Waals surface area contributed by atoms with Crippen molar-refractivity contribution in [3.8, 4) is 0 Å². The van der Waals surface area contributed by atoms with E-state index in [1.54, 1.807) is 16.7 Å². The quantitative estimate of drug-likeness (QED) is 0.770. The molecule has 0 aliphatic heterocycles. The van der Waals surface area contributed by atoms with Crippen LogP contribution >= 0.6 is 0 Å². The van der Waals surface area contributed by atoms with E-state index in [1.165, 1.54) is 44.1 Å². The fourth-order valence-corrected chi connectivity index (χ4v) is 2.82. The number of benzene rings is 1. The van der Waals surface area contributed by atoms with E-state index >= 15 is 0 Å². The Labute approximate surface area is 99.0 Å². The third-order valence-electron chi connectivity index (χ3n) is 3.77. The first kappa shape index (κ1) is 11.7. The van der Waals surface area contributed by atoms with Crippen molar-refractivity contribution < 1.29 is 0 Å². The van der Waals surface area contributed by atoms with Crippen LogP contribution in [0.25, 0.3) is 0 Å². The molecule has 0 fully saturated rings. The zero-order valence-electron chi connectivity index (χ0n) is 10.4. The van der Waals surface area contributed by atoms with Crippen LogP contribution in [-0.4, -0.2) is 6.54 Å². The summed E-state index contributed by atoms with van der Waals surface area (Å²) in [5.41, 5.74) is 12.0. The lowest BCUT2D eigenvalue weighted by atomic mass is 9.84. The van der Waals surface area contributed by atoms with Gasteiger partial charge in [0.1, 0.15) is 0 Å². The third-order valence-corrected chi connectivity index (χ3v) is 3.77. The second kappa shape index (κ2) is 5.49. The molecule has 0 amide bonds. The number of fused-ring (bicyclic) bond motifs is 1. The molecule has 0 heterocycles. The van der Waals surface area contributed by atoms with Crippen molar-refractivity contribution in [3.63, 3.8) is 0 Å². The maximum absolute atomic E-state index is 5.55. The van der Waals surface area contributed by atoms with E-state index in [-0.39, 0.29) is 0 Å². The lowest BCUT2D eigenvalue weighted by molar-refractivity contribution is 0.665. The minimum Gasteiger partial charge on any atom is -0.330 e. The molecule has 1 aliphatic carbocycles. The molecule has 0 saturated heterocycles. The molecule has 0 spiro atoms. The van der Waals surface area contributed by atoms with Crippen LogP contribution in [-0.2, 0) is 19.3 Å². The van der Waals surface area contributed by atoms with Crippen molar-refractivity contribution in [2.24, 2.45) is 5.73 Å². The van der Waals surface area contributed by atoms with Gasteiger partial charge in [-0.05, 0) is 80.7 Å². The molecule has 0 atom stereocenters. The van der Waals surface area contributed by atoms with Crippen LogP contribution in [0.2, 0.25) is 0 Å². The van der Waals surface area contributed by atoms with Crippen molar-refractivity contribution >= 4 is 0 Å². The van der Waals surface area contributed by atoms with Gasteiger partial charge in [0.05, 0.1) is 0 Å². The Hall–Kier alpha value is -0.820. The average Bonchev–Trinajstić information content (AvgIpc) is 2.33. The van der Waals surface area contributed by atoms with Gasteiger partial charge >= 0.3 is 0 Å². The van der Waals surface area contributed by atoms with Gasteiger partial charge in [-0.15, -0.1) is 0 Å². The highest BCUT2D eigenvalue weighted by Gasteiger charge is 2.14. The standard InChI is InChI=1S/C15H23N/c1-12-9-10-13(6-4-5-11-16)15-8-3-2-7-14(12)15/h9-10H,2-8,11,16H2,1H3. The zero-order chi connectivity index (χ0) is 11.4. The monoisotopic (exact) mass is 217 g/mol. The lowest BCUT2D eigenvalue weighted by Gasteiger charge is -2.21. The maximum Gasteiger partial charge on any atom is -0.00772 e. The number of nitrogens with two attached hydrogens (primary N) is 1. The summed E-state index contributed by atoms with van der Waals surface area (Å²) < 4.78 is 0. The maximum atomic E-state index is 5.55. The Kier molecular flexibility index (Phi) is 4.00. The fourth-order valence-electron chi connectivity index (χ4n) is 2.82. The number of unbranched alkanes of at least 4 members (excludes halogenated alkanes) is 1. The summed E-state index contributed by atoms with van der Waals surface area (Å²) in [6.45, 7) is 3.09. The van der Waals surface area contributed by atoms with Crippen LogP contribution in [0.1, 0.15) is 47.9 Å². The van der Waals surface area contributed by atoms with Gasteiger partial charge in [-0.3, -0.25) is 0 Å².